The highest BCUT2D eigenvalue weighted by Gasteiger charge is 2.58. The molecule has 9 heavy (non-hydrogen) atoms. The van der Waals surface area contributed by atoms with Crippen molar-refractivity contribution in [1.82, 2.24) is 5.32 Å². The third-order valence-electron chi connectivity index (χ3n) is 2.28. The molecule has 3 rings (SSSR count). The zero-order valence-electron chi connectivity index (χ0n) is 4.93. The first kappa shape index (κ1) is 5.35. The molecule has 50 valence electrons. The Morgan fingerprint density at radius 1 is 1.67 bits per heavy atom. The van der Waals surface area contributed by atoms with E-state index in [1.807, 2.05) is 0 Å². The van der Waals surface area contributed by atoms with Gasteiger partial charge in [-0.15, -0.1) is 0 Å². The van der Waals surface area contributed by atoms with Gasteiger partial charge in [-0.25, -0.2) is 4.39 Å². The third kappa shape index (κ3) is 0.503. The van der Waals surface area contributed by atoms with Crippen LogP contribution in [0.5, 0.6) is 0 Å². The van der Waals surface area contributed by atoms with Crippen LogP contribution in [-0.4, -0.2) is 24.0 Å². The minimum atomic E-state index is -1.17. The SMILES string of the molecule is O=CC1NC2CC1(F)C2. The fourth-order valence-electron chi connectivity index (χ4n) is 1.70. The molecule has 2 nitrogen and oxygen atoms in total. The van der Waals surface area contributed by atoms with E-state index in [0.29, 0.717) is 19.1 Å². The Labute approximate surface area is 52.4 Å². The maximum atomic E-state index is 13.0. The van der Waals surface area contributed by atoms with Gasteiger partial charge in [0.05, 0.1) is 6.04 Å². The van der Waals surface area contributed by atoms with Gasteiger partial charge in [0.2, 0.25) is 0 Å². The third-order valence-corrected chi connectivity index (χ3v) is 2.28. The van der Waals surface area contributed by atoms with E-state index in [2.05, 4.69) is 5.32 Å². The van der Waals surface area contributed by atoms with E-state index >= 15 is 0 Å². The molecule has 0 amide bonds. The highest BCUT2D eigenvalue weighted by molar-refractivity contribution is 5.62. The molecular weight excluding hydrogens is 121 g/mol. The molecule has 1 N–H and O–H groups in total. The fraction of sp³-hybridized carbons (Fsp3) is 0.833. The Morgan fingerprint density at radius 3 is 2.56 bits per heavy atom. The summed E-state index contributed by atoms with van der Waals surface area (Å²) < 4.78 is 13.0. The van der Waals surface area contributed by atoms with Crippen molar-refractivity contribution in [3.8, 4) is 0 Å². The highest BCUT2D eigenvalue weighted by Crippen LogP contribution is 2.44. The van der Waals surface area contributed by atoms with Gasteiger partial charge in [-0.2, -0.15) is 0 Å². The number of halogens is 1. The van der Waals surface area contributed by atoms with Gasteiger partial charge in [0.15, 0.2) is 0 Å². The Morgan fingerprint density at radius 2 is 2.33 bits per heavy atom. The molecule has 0 aromatic carbocycles. The molecule has 2 bridgehead atoms. The smallest absolute Gasteiger partial charge is 0.140 e. The van der Waals surface area contributed by atoms with E-state index in [-0.39, 0.29) is 6.04 Å². The van der Waals surface area contributed by atoms with Gasteiger partial charge in [0.25, 0.3) is 0 Å². The summed E-state index contributed by atoms with van der Waals surface area (Å²) in [5, 5.41) is 2.88. The van der Waals surface area contributed by atoms with Crippen LogP contribution >= 0.6 is 0 Å². The van der Waals surface area contributed by atoms with Crippen LogP contribution < -0.4 is 5.32 Å². The normalized spacial score (nSPS) is 54.8. The van der Waals surface area contributed by atoms with Crippen molar-refractivity contribution in [1.29, 1.82) is 0 Å². The Bertz CT molecular complexity index is 153. The highest BCUT2D eigenvalue weighted by atomic mass is 19.1. The number of hydrogen-bond acceptors (Lipinski definition) is 2. The van der Waals surface area contributed by atoms with Gasteiger partial charge in [0.1, 0.15) is 12.0 Å². The van der Waals surface area contributed by atoms with E-state index in [0.717, 1.165) is 0 Å². The molecule has 2 heterocycles. The molecule has 2 aliphatic heterocycles. The molecule has 0 aromatic rings. The number of fused-ring (bicyclic) bond motifs is 1. The summed E-state index contributed by atoms with van der Waals surface area (Å²) in [5.41, 5.74) is -1.17. The molecule has 0 radical (unpaired) electrons. The van der Waals surface area contributed by atoms with Crippen molar-refractivity contribution < 1.29 is 9.18 Å². The summed E-state index contributed by atoms with van der Waals surface area (Å²) in [6.45, 7) is 0. The second-order valence-corrected chi connectivity index (χ2v) is 2.92. The van der Waals surface area contributed by atoms with Gasteiger partial charge < -0.3 is 10.1 Å². The first-order chi connectivity index (χ1) is 4.24. The van der Waals surface area contributed by atoms with Crippen LogP contribution in [0.25, 0.3) is 0 Å². The lowest BCUT2D eigenvalue weighted by Crippen LogP contribution is -2.39. The molecule has 1 aliphatic carbocycles. The number of nitrogens with one attached hydrogen (secondary N) is 1. The van der Waals surface area contributed by atoms with Crippen molar-refractivity contribution in [3.63, 3.8) is 0 Å². The predicted octanol–water partition coefficient (Wildman–Crippen LogP) is 0.0278. The van der Waals surface area contributed by atoms with E-state index < -0.39 is 11.7 Å². The number of rotatable bonds is 1. The summed E-state index contributed by atoms with van der Waals surface area (Å²) in [5.74, 6) is 0. The van der Waals surface area contributed by atoms with E-state index in [9.17, 15) is 9.18 Å². The first-order valence-corrected chi connectivity index (χ1v) is 3.15. The van der Waals surface area contributed by atoms with Crippen LogP contribution in [0, 0.1) is 0 Å². The average molecular weight is 129 g/mol. The topological polar surface area (TPSA) is 29.1 Å². The van der Waals surface area contributed by atoms with Gasteiger partial charge >= 0.3 is 0 Å². The van der Waals surface area contributed by atoms with Gasteiger partial charge in [0, 0.05) is 6.04 Å². The van der Waals surface area contributed by atoms with Crippen molar-refractivity contribution in [2.24, 2.45) is 0 Å². The van der Waals surface area contributed by atoms with E-state index in [1.54, 1.807) is 0 Å². The van der Waals surface area contributed by atoms with E-state index in [1.165, 1.54) is 0 Å². The number of alkyl halides is 1. The molecule has 0 spiro atoms. The Hall–Kier alpha value is -0.440. The fourth-order valence-corrected chi connectivity index (χ4v) is 1.70. The second-order valence-electron chi connectivity index (χ2n) is 2.92. The van der Waals surface area contributed by atoms with Gasteiger partial charge in [-0.05, 0) is 12.8 Å². The van der Waals surface area contributed by atoms with Gasteiger partial charge in [-0.3, -0.25) is 0 Å². The van der Waals surface area contributed by atoms with Crippen LogP contribution in [0.2, 0.25) is 0 Å². The molecule has 1 unspecified atom stereocenters. The lowest BCUT2D eigenvalue weighted by molar-refractivity contribution is -0.111. The molecule has 0 aromatic heterocycles. The Kier molecular flexibility index (Phi) is 0.799. The summed E-state index contributed by atoms with van der Waals surface area (Å²) in [4.78, 5) is 10.1. The number of aldehydes is 1. The first-order valence-electron chi connectivity index (χ1n) is 3.15. The molecule has 3 fully saturated rings. The summed E-state index contributed by atoms with van der Waals surface area (Å²) >= 11 is 0. The molecule has 2 saturated heterocycles. The zero-order chi connectivity index (χ0) is 6.48. The molecule has 1 saturated carbocycles. The van der Waals surface area contributed by atoms with Crippen LogP contribution in [0.4, 0.5) is 4.39 Å². The predicted molar refractivity (Wildman–Crippen MR) is 29.8 cm³/mol. The number of carbonyl (C=O) groups is 1. The van der Waals surface area contributed by atoms with Crippen molar-refractivity contribution >= 4 is 6.29 Å². The maximum Gasteiger partial charge on any atom is 0.140 e. The second kappa shape index (κ2) is 1.34. The standard InChI is InChI=1S/C6H8FNO/c7-6-1-4(2-6)8-5(6)3-9/h3-5,8H,1-2H2. The zero-order valence-corrected chi connectivity index (χ0v) is 4.93. The van der Waals surface area contributed by atoms with Crippen LogP contribution in [0.3, 0.4) is 0 Å². The van der Waals surface area contributed by atoms with Crippen molar-refractivity contribution in [2.75, 3.05) is 0 Å². The van der Waals surface area contributed by atoms with Gasteiger partial charge in [-0.1, -0.05) is 0 Å². The van der Waals surface area contributed by atoms with Crippen LogP contribution in [0.1, 0.15) is 12.8 Å². The maximum absolute atomic E-state index is 13.0. The summed E-state index contributed by atoms with van der Waals surface area (Å²) in [6, 6.07) is -0.229. The number of carbonyl (C=O) groups excluding carboxylic acids is 1. The largest absolute Gasteiger partial charge is 0.302 e. The van der Waals surface area contributed by atoms with Crippen molar-refractivity contribution in [2.45, 2.75) is 30.6 Å². The molecule has 1 atom stereocenters. The minimum Gasteiger partial charge on any atom is -0.302 e. The molecule has 3 aliphatic rings. The molecular formula is C6H8FNO. The average Bonchev–Trinajstić information content (AvgIpc) is 2.18. The Balaban J connectivity index is 2.20. The van der Waals surface area contributed by atoms with Crippen molar-refractivity contribution in [3.05, 3.63) is 0 Å². The quantitative estimate of drug-likeness (QED) is 0.506. The summed E-state index contributed by atoms with van der Waals surface area (Å²) in [7, 11) is 0. The van der Waals surface area contributed by atoms with Crippen LogP contribution in [-0.2, 0) is 4.79 Å². The lowest BCUT2D eigenvalue weighted by atomic mass is 9.80. The minimum absolute atomic E-state index is 0.283. The monoisotopic (exact) mass is 129 g/mol. The lowest BCUT2D eigenvalue weighted by Gasteiger charge is -2.29. The van der Waals surface area contributed by atoms with E-state index in [4.69, 9.17) is 0 Å². The number of hydrogen-bond donors (Lipinski definition) is 1. The van der Waals surface area contributed by atoms with Crippen LogP contribution in [0.15, 0.2) is 0 Å². The molecule has 3 heteroatoms. The summed E-state index contributed by atoms with van der Waals surface area (Å²) in [6.07, 6.45) is 1.75.